The fourth-order valence-corrected chi connectivity index (χ4v) is 3.51. The summed E-state index contributed by atoms with van der Waals surface area (Å²) in [6, 6.07) is 8.05. The standard InChI is InChI=1S/C21H31N3O2/c25-21(22-12-10-18-4-2-1-3-5-18)23-20-8-6-19(7-9-20)11-13-24-14-16-26-17-15-24/h4,6-9H,1-3,5,10-17H2,(H2,22,23,25). The first-order valence-corrected chi connectivity index (χ1v) is 9.91. The number of anilines is 1. The Morgan fingerprint density at radius 3 is 2.62 bits per heavy atom. The van der Waals surface area contributed by atoms with E-state index in [1.54, 1.807) is 0 Å². The number of carbonyl (C=O) groups is 1. The Bertz CT molecular complexity index is 592. The summed E-state index contributed by atoms with van der Waals surface area (Å²) in [6.45, 7) is 5.50. The van der Waals surface area contributed by atoms with Crippen molar-refractivity contribution in [2.45, 2.75) is 38.5 Å². The van der Waals surface area contributed by atoms with Crippen molar-refractivity contribution in [2.24, 2.45) is 0 Å². The number of nitrogens with one attached hydrogen (secondary N) is 2. The minimum Gasteiger partial charge on any atom is -0.379 e. The molecule has 2 N–H and O–H groups in total. The lowest BCUT2D eigenvalue weighted by Crippen LogP contribution is -2.37. The molecule has 1 aliphatic heterocycles. The van der Waals surface area contributed by atoms with Crippen molar-refractivity contribution in [3.8, 4) is 0 Å². The molecule has 0 aromatic heterocycles. The number of carbonyl (C=O) groups excluding carboxylic acids is 1. The molecule has 1 saturated heterocycles. The molecule has 142 valence electrons. The van der Waals surface area contributed by atoms with Gasteiger partial charge in [0.2, 0.25) is 0 Å². The van der Waals surface area contributed by atoms with Gasteiger partial charge in [-0.1, -0.05) is 23.8 Å². The molecule has 0 bridgehead atoms. The highest BCUT2D eigenvalue weighted by Gasteiger charge is 2.10. The van der Waals surface area contributed by atoms with Gasteiger partial charge in [-0.15, -0.1) is 0 Å². The summed E-state index contributed by atoms with van der Waals surface area (Å²) in [7, 11) is 0. The lowest BCUT2D eigenvalue weighted by Gasteiger charge is -2.26. The zero-order valence-electron chi connectivity index (χ0n) is 15.6. The van der Waals surface area contributed by atoms with Crippen LogP contribution in [0, 0.1) is 0 Å². The predicted octanol–water partition coefficient (Wildman–Crippen LogP) is 3.57. The first-order chi connectivity index (χ1) is 12.8. The summed E-state index contributed by atoms with van der Waals surface area (Å²) < 4.78 is 5.38. The number of urea groups is 1. The second kappa shape index (κ2) is 10.3. The summed E-state index contributed by atoms with van der Waals surface area (Å²) in [5, 5.41) is 5.87. The van der Waals surface area contributed by atoms with Crippen LogP contribution in [-0.2, 0) is 11.2 Å². The first kappa shape index (κ1) is 18.9. The smallest absolute Gasteiger partial charge is 0.319 e. The molecule has 2 amide bonds. The van der Waals surface area contributed by atoms with E-state index in [0.29, 0.717) is 6.54 Å². The van der Waals surface area contributed by atoms with Crippen molar-refractivity contribution >= 4 is 11.7 Å². The van der Waals surface area contributed by atoms with Crippen LogP contribution in [0.3, 0.4) is 0 Å². The van der Waals surface area contributed by atoms with Crippen LogP contribution in [-0.4, -0.2) is 50.3 Å². The van der Waals surface area contributed by atoms with Crippen molar-refractivity contribution in [1.82, 2.24) is 10.2 Å². The van der Waals surface area contributed by atoms with E-state index < -0.39 is 0 Å². The maximum Gasteiger partial charge on any atom is 0.319 e. The molecule has 0 atom stereocenters. The fraction of sp³-hybridized carbons (Fsp3) is 0.571. The highest BCUT2D eigenvalue weighted by molar-refractivity contribution is 5.89. The lowest BCUT2D eigenvalue weighted by atomic mass is 9.97. The predicted molar refractivity (Wildman–Crippen MR) is 106 cm³/mol. The van der Waals surface area contributed by atoms with E-state index in [1.165, 1.54) is 36.8 Å². The molecule has 26 heavy (non-hydrogen) atoms. The molecule has 5 nitrogen and oxygen atoms in total. The van der Waals surface area contributed by atoms with E-state index in [1.807, 2.05) is 12.1 Å². The van der Waals surface area contributed by atoms with Crippen molar-refractivity contribution in [2.75, 3.05) is 44.7 Å². The molecule has 1 heterocycles. The summed E-state index contributed by atoms with van der Waals surface area (Å²) in [4.78, 5) is 14.4. The molecule has 1 aliphatic carbocycles. The summed E-state index contributed by atoms with van der Waals surface area (Å²) in [5.41, 5.74) is 3.63. The molecule has 0 spiro atoms. The van der Waals surface area contributed by atoms with Gasteiger partial charge in [0.15, 0.2) is 0 Å². The maximum absolute atomic E-state index is 12.0. The average molecular weight is 357 g/mol. The van der Waals surface area contributed by atoms with Crippen LogP contribution in [0.2, 0.25) is 0 Å². The zero-order chi connectivity index (χ0) is 18.0. The minimum absolute atomic E-state index is 0.123. The van der Waals surface area contributed by atoms with Crippen molar-refractivity contribution < 1.29 is 9.53 Å². The van der Waals surface area contributed by atoms with Crippen LogP contribution >= 0.6 is 0 Å². The molecular weight excluding hydrogens is 326 g/mol. The number of benzene rings is 1. The van der Waals surface area contributed by atoms with Gasteiger partial charge in [-0.2, -0.15) is 0 Å². The van der Waals surface area contributed by atoms with E-state index in [2.05, 4.69) is 33.7 Å². The third-order valence-corrected chi connectivity index (χ3v) is 5.15. The Balaban J connectivity index is 1.34. The number of rotatable bonds is 7. The number of morpholine rings is 1. The quantitative estimate of drug-likeness (QED) is 0.734. The molecule has 0 radical (unpaired) electrons. The van der Waals surface area contributed by atoms with Gasteiger partial charge in [-0.05, 0) is 56.2 Å². The highest BCUT2D eigenvalue weighted by atomic mass is 16.5. The van der Waals surface area contributed by atoms with Gasteiger partial charge >= 0.3 is 6.03 Å². The number of hydrogen-bond donors (Lipinski definition) is 2. The number of nitrogens with zero attached hydrogens (tertiary/aromatic N) is 1. The van der Waals surface area contributed by atoms with Gasteiger partial charge in [0.1, 0.15) is 0 Å². The number of allylic oxidation sites excluding steroid dienone is 1. The molecule has 1 fully saturated rings. The van der Waals surface area contributed by atoms with Crippen LogP contribution in [0.25, 0.3) is 0 Å². The summed E-state index contributed by atoms with van der Waals surface area (Å²) in [6.07, 6.45) is 9.30. The molecule has 2 aliphatic rings. The summed E-state index contributed by atoms with van der Waals surface area (Å²) >= 11 is 0. The molecule has 1 aromatic rings. The third-order valence-electron chi connectivity index (χ3n) is 5.15. The van der Waals surface area contributed by atoms with Gasteiger partial charge in [0, 0.05) is 31.9 Å². The van der Waals surface area contributed by atoms with Crippen LogP contribution in [0.15, 0.2) is 35.9 Å². The Kier molecular flexibility index (Phi) is 7.52. The topological polar surface area (TPSA) is 53.6 Å². The third kappa shape index (κ3) is 6.46. The minimum atomic E-state index is -0.123. The average Bonchev–Trinajstić information content (AvgIpc) is 2.69. The largest absolute Gasteiger partial charge is 0.379 e. The zero-order valence-corrected chi connectivity index (χ0v) is 15.6. The highest BCUT2D eigenvalue weighted by Crippen LogP contribution is 2.19. The van der Waals surface area contributed by atoms with E-state index in [-0.39, 0.29) is 6.03 Å². The van der Waals surface area contributed by atoms with Gasteiger partial charge in [0.25, 0.3) is 0 Å². The molecular formula is C21H31N3O2. The second-order valence-electron chi connectivity index (χ2n) is 7.14. The number of hydrogen-bond acceptors (Lipinski definition) is 3. The van der Waals surface area contributed by atoms with Crippen LogP contribution in [0.4, 0.5) is 10.5 Å². The molecule has 5 heteroatoms. The SMILES string of the molecule is O=C(NCCC1=CCCCC1)Nc1ccc(CCN2CCOCC2)cc1. The van der Waals surface area contributed by atoms with Crippen molar-refractivity contribution in [1.29, 1.82) is 0 Å². The van der Waals surface area contributed by atoms with Gasteiger partial charge < -0.3 is 15.4 Å². The number of amides is 2. The van der Waals surface area contributed by atoms with Gasteiger partial charge in [0.05, 0.1) is 13.2 Å². The Labute approximate surface area is 156 Å². The lowest BCUT2D eigenvalue weighted by molar-refractivity contribution is 0.0384. The monoisotopic (exact) mass is 357 g/mol. The molecule has 3 rings (SSSR count). The van der Waals surface area contributed by atoms with E-state index in [4.69, 9.17) is 4.74 Å². The van der Waals surface area contributed by atoms with Crippen LogP contribution in [0.1, 0.15) is 37.7 Å². The Morgan fingerprint density at radius 1 is 1.08 bits per heavy atom. The van der Waals surface area contributed by atoms with Gasteiger partial charge in [-0.3, -0.25) is 4.90 Å². The van der Waals surface area contributed by atoms with Crippen molar-refractivity contribution in [3.05, 3.63) is 41.5 Å². The fourth-order valence-electron chi connectivity index (χ4n) is 3.51. The second-order valence-corrected chi connectivity index (χ2v) is 7.14. The van der Waals surface area contributed by atoms with E-state index in [9.17, 15) is 4.79 Å². The molecule has 0 saturated carbocycles. The maximum atomic E-state index is 12.0. The Morgan fingerprint density at radius 2 is 1.88 bits per heavy atom. The van der Waals surface area contributed by atoms with Crippen LogP contribution in [0.5, 0.6) is 0 Å². The van der Waals surface area contributed by atoms with E-state index in [0.717, 1.165) is 51.4 Å². The normalized spacial score (nSPS) is 18.2. The van der Waals surface area contributed by atoms with Gasteiger partial charge in [-0.25, -0.2) is 4.79 Å². The van der Waals surface area contributed by atoms with E-state index >= 15 is 0 Å². The number of ether oxygens (including phenoxy) is 1. The van der Waals surface area contributed by atoms with Crippen LogP contribution < -0.4 is 10.6 Å². The summed E-state index contributed by atoms with van der Waals surface area (Å²) in [5.74, 6) is 0. The van der Waals surface area contributed by atoms with Crippen molar-refractivity contribution in [3.63, 3.8) is 0 Å². The molecule has 0 unspecified atom stereocenters. The molecule has 1 aromatic carbocycles. The first-order valence-electron chi connectivity index (χ1n) is 9.91. The Hall–Kier alpha value is -1.85.